The van der Waals surface area contributed by atoms with Crippen LogP contribution in [-0.2, 0) is 9.59 Å². The Kier molecular flexibility index (Phi) is 6.35. The summed E-state index contributed by atoms with van der Waals surface area (Å²) in [6.45, 7) is -0.275. The van der Waals surface area contributed by atoms with E-state index in [1.807, 2.05) is 60.7 Å². The van der Waals surface area contributed by atoms with Crippen molar-refractivity contribution in [2.75, 3.05) is 6.54 Å². The van der Waals surface area contributed by atoms with E-state index in [1.54, 1.807) is 0 Å². The summed E-state index contributed by atoms with van der Waals surface area (Å²) in [4.78, 5) is 39.9. The number of hydrogen-bond donors (Lipinski definition) is 2. The van der Waals surface area contributed by atoms with Crippen LogP contribution in [0.15, 0.2) is 60.7 Å². The molecule has 162 valence electrons. The van der Waals surface area contributed by atoms with Crippen molar-refractivity contribution in [1.29, 1.82) is 0 Å². The summed E-state index contributed by atoms with van der Waals surface area (Å²) in [7, 11) is 0. The van der Waals surface area contributed by atoms with Gasteiger partial charge in [0, 0.05) is 0 Å². The SMILES string of the molecule is O=C(CN1C(=O)NC2(CCCCCCC2)C1=O)NC(c1ccccc1)c1ccccc1. The Labute approximate surface area is 183 Å². The maximum Gasteiger partial charge on any atom is 0.325 e. The number of rotatable bonds is 5. The number of carbonyl (C=O) groups is 3. The van der Waals surface area contributed by atoms with Gasteiger partial charge in [-0.05, 0) is 24.0 Å². The zero-order valence-electron chi connectivity index (χ0n) is 17.7. The molecule has 6 nitrogen and oxygen atoms in total. The van der Waals surface area contributed by atoms with Crippen molar-refractivity contribution < 1.29 is 14.4 Å². The molecule has 0 bridgehead atoms. The molecule has 2 aromatic rings. The Hall–Kier alpha value is -3.15. The smallest absolute Gasteiger partial charge is 0.325 e. The van der Waals surface area contributed by atoms with Gasteiger partial charge in [-0.15, -0.1) is 0 Å². The van der Waals surface area contributed by atoms with E-state index < -0.39 is 11.6 Å². The Morgan fingerprint density at radius 2 is 1.39 bits per heavy atom. The van der Waals surface area contributed by atoms with Gasteiger partial charge in [-0.25, -0.2) is 4.79 Å². The Bertz CT molecular complexity index is 882. The number of nitrogens with zero attached hydrogens (tertiary/aromatic N) is 1. The second kappa shape index (κ2) is 9.33. The van der Waals surface area contributed by atoms with E-state index in [1.165, 1.54) is 6.42 Å². The molecule has 4 amide bonds. The number of urea groups is 1. The van der Waals surface area contributed by atoms with Crippen LogP contribution in [0.5, 0.6) is 0 Å². The van der Waals surface area contributed by atoms with Crippen LogP contribution in [0.3, 0.4) is 0 Å². The highest BCUT2D eigenvalue weighted by atomic mass is 16.2. The van der Waals surface area contributed by atoms with Crippen molar-refractivity contribution in [3.63, 3.8) is 0 Å². The largest absolute Gasteiger partial charge is 0.344 e. The van der Waals surface area contributed by atoms with Crippen LogP contribution >= 0.6 is 0 Å². The lowest BCUT2D eigenvalue weighted by molar-refractivity contribution is -0.135. The second-order valence-electron chi connectivity index (χ2n) is 8.49. The number of nitrogens with one attached hydrogen (secondary N) is 2. The molecule has 4 rings (SSSR count). The molecule has 1 spiro atoms. The summed E-state index contributed by atoms with van der Waals surface area (Å²) in [5.74, 6) is -0.616. The molecule has 0 unspecified atom stereocenters. The Morgan fingerprint density at radius 3 is 1.94 bits per heavy atom. The molecule has 1 saturated carbocycles. The number of amides is 4. The van der Waals surface area contributed by atoms with E-state index in [2.05, 4.69) is 10.6 Å². The highest BCUT2D eigenvalue weighted by Crippen LogP contribution is 2.32. The Morgan fingerprint density at radius 1 is 0.871 bits per heavy atom. The first-order valence-corrected chi connectivity index (χ1v) is 11.1. The topological polar surface area (TPSA) is 78.5 Å². The molecule has 1 heterocycles. The van der Waals surface area contributed by atoms with Crippen LogP contribution in [-0.4, -0.2) is 34.8 Å². The van der Waals surface area contributed by atoms with Gasteiger partial charge in [-0.1, -0.05) is 92.8 Å². The second-order valence-corrected chi connectivity index (χ2v) is 8.49. The molecule has 2 fully saturated rings. The van der Waals surface area contributed by atoms with Crippen LogP contribution < -0.4 is 10.6 Å². The van der Waals surface area contributed by atoms with Gasteiger partial charge in [0.25, 0.3) is 5.91 Å². The number of hydrogen-bond acceptors (Lipinski definition) is 3. The minimum atomic E-state index is -0.837. The third kappa shape index (κ3) is 4.63. The molecule has 1 aliphatic carbocycles. The fourth-order valence-electron chi connectivity index (χ4n) is 4.67. The van der Waals surface area contributed by atoms with Gasteiger partial charge in [-0.3, -0.25) is 14.5 Å². The van der Waals surface area contributed by atoms with Crippen LogP contribution in [0.25, 0.3) is 0 Å². The van der Waals surface area contributed by atoms with Crippen molar-refractivity contribution in [2.24, 2.45) is 0 Å². The van der Waals surface area contributed by atoms with Gasteiger partial charge in [0.1, 0.15) is 12.1 Å². The molecular weight excluding hydrogens is 390 g/mol. The van der Waals surface area contributed by atoms with Gasteiger partial charge in [-0.2, -0.15) is 0 Å². The normalized spacial score (nSPS) is 18.5. The van der Waals surface area contributed by atoms with Gasteiger partial charge < -0.3 is 10.6 Å². The van der Waals surface area contributed by atoms with Crippen LogP contribution in [0.4, 0.5) is 4.79 Å². The average Bonchev–Trinajstić information content (AvgIpc) is 3.01. The summed E-state index contributed by atoms with van der Waals surface area (Å²) in [6.07, 6.45) is 6.43. The van der Waals surface area contributed by atoms with Crippen molar-refractivity contribution in [2.45, 2.75) is 56.5 Å². The predicted molar refractivity (Wildman–Crippen MR) is 118 cm³/mol. The molecular formula is C25H29N3O3. The molecule has 31 heavy (non-hydrogen) atoms. The van der Waals surface area contributed by atoms with E-state index in [0.717, 1.165) is 41.7 Å². The summed E-state index contributed by atoms with van der Waals surface area (Å²) >= 11 is 0. The van der Waals surface area contributed by atoms with Crippen molar-refractivity contribution in [3.05, 3.63) is 71.8 Å². The lowest BCUT2D eigenvalue weighted by Gasteiger charge is -2.28. The molecule has 1 aliphatic heterocycles. The fraction of sp³-hybridized carbons (Fsp3) is 0.400. The number of benzene rings is 2. The molecule has 2 aliphatic rings. The minimum Gasteiger partial charge on any atom is -0.344 e. The first kappa shape index (κ1) is 21.1. The van der Waals surface area contributed by atoms with E-state index >= 15 is 0 Å². The maximum atomic E-state index is 13.2. The molecule has 6 heteroatoms. The summed E-state index contributed by atoms with van der Waals surface area (Å²) in [5.41, 5.74) is 1.04. The number of imide groups is 1. The zero-order chi connectivity index (χ0) is 21.7. The lowest BCUT2D eigenvalue weighted by atomic mass is 9.84. The molecule has 0 aromatic heterocycles. The van der Waals surface area contributed by atoms with Crippen LogP contribution in [0.1, 0.15) is 62.1 Å². The lowest BCUT2D eigenvalue weighted by Crippen LogP contribution is -2.48. The molecule has 2 N–H and O–H groups in total. The molecule has 1 saturated heterocycles. The summed E-state index contributed by atoms with van der Waals surface area (Å²) in [5, 5.41) is 5.93. The standard InChI is InChI=1S/C25H29N3O3/c29-21(26-22(19-12-6-4-7-13-19)20-14-8-5-9-15-20)18-28-23(30)25(27-24(28)31)16-10-2-1-3-11-17-25/h4-9,12-15,22H,1-3,10-11,16-18H2,(H,26,29)(H,27,31). The van der Waals surface area contributed by atoms with Crippen LogP contribution in [0.2, 0.25) is 0 Å². The zero-order valence-corrected chi connectivity index (χ0v) is 17.7. The van der Waals surface area contributed by atoms with Gasteiger partial charge in [0.2, 0.25) is 5.91 Å². The molecule has 0 atom stereocenters. The van der Waals surface area contributed by atoms with E-state index in [4.69, 9.17) is 0 Å². The highest BCUT2D eigenvalue weighted by molar-refractivity contribution is 6.09. The molecule has 0 radical (unpaired) electrons. The first-order valence-electron chi connectivity index (χ1n) is 11.1. The van der Waals surface area contributed by atoms with Gasteiger partial charge in [0.15, 0.2) is 0 Å². The summed E-state index contributed by atoms with van der Waals surface area (Å²) in [6, 6.07) is 18.5. The predicted octanol–water partition coefficient (Wildman–Crippen LogP) is 3.93. The first-order chi connectivity index (χ1) is 15.1. The molecule has 2 aromatic carbocycles. The van der Waals surface area contributed by atoms with Crippen LogP contribution in [0, 0.1) is 0 Å². The van der Waals surface area contributed by atoms with Gasteiger partial charge >= 0.3 is 6.03 Å². The monoisotopic (exact) mass is 419 g/mol. The minimum absolute atomic E-state index is 0.259. The van der Waals surface area contributed by atoms with E-state index in [9.17, 15) is 14.4 Å². The van der Waals surface area contributed by atoms with Crippen molar-refractivity contribution >= 4 is 17.8 Å². The highest BCUT2D eigenvalue weighted by Gasteiger charge is 2.50. The third-order valence-electron chi connectivity index (χ3n) is 6.33. The Balaban J connectivity index is 1.49. The van der Waals surface area contributed by atoms with Crippen molar-refractivity contribution in [3.8, 4) is 0 Å². The van der Waals surface area contributed by atoms with Gasteiger partial charge in [0.05, 0.1) is 6.04 Å². The quantitative estimate of drug-likeness (QED) is 0.721. The summed E-state index contributed by atoms with van der Waals surface area (Å²) < 4.78 is 0. The third-order valence-corrected chi connectivity index (χ3v) is 6.33. The maximum absolute atomic E-state index is 13.2. The van der Waals surface area contributed by atoms with Crippen molar-refractivity contribution in [1.82, 2.24) is 15.5 Å². The fourth-order valence-corrected chi connectivity index (χ4v) is 4.67. The van der Waals surface area contributed by atoms with E-state index in [0.29, 0.717) is 12.8 Å². The average molecular weight is 420 g/mol. The number of carbonyl (C=O) groups excluding carboxylic acids is 3. The van der Waals surface area contributed by atoms with E-state index in [-0.39, 0.29) is 24.4 Å².